The molecule has 4 unspecified atom stereocenters. The lowest BCUT2D eigenvalue weighted by atomic mass is 9.57. The smallest absolute Gasteiger partial charge is 0.213 e. The minimum Gasteiger partial charge on any atom is -0.377 e. The summed E-state index contributed by atoms with van der Waals surface area (Å²) < 4.78 is 38.6. The van der Waals surface area contributed by atoms with Crippen LogP contribution in [0.5, 0.6) is 0 Å². The van der Waals surface area contributed by atoms with E-state index in [1.54, 1.807) is 0 Å². The molecule has 0 aromatic carbocycles. The Bertz CT molecular complexity index is 646. The van der Waals surface area contributed by atoms with Crippen LogP contribution in [0.3, 0.4) is 0 Å². The molecule has 1 saturated carbocycles. The fourth-order valence-corrected chi connectivity index (χ4v) is 5.54. The molecule has 0 spiro atoms. The van der Waals surface area contributed by atoms with Gasteiger partial charge in [0.15, 0.2) is 5.96 Å². The van der Waals surface area contributed by atoms with Gasteiger partial charge in [0.25, 0.3) is 0 Å². The molecular formula is C19H36N4O4S. The summed E-state index contributed by atoms with van der Waals surface area (Å²) in [6.07, 6.45) is 4.43. The van der Waals surface area contributed by atoms with Crippen LogP contribution in [0.4, 0.5) is 0 Å². The second kappa shape index (κ2) is 9.28. The number of hydrogen-bond acceptors (Lipinski definition) is 5. The van der Waals surface area contributed by atoms with E-state index in [2.05, 4.69) is 34.2 Å². The Morgan fingerprint density at radius 1 is 1.18 bits per heavy atom. The van der Waals surface area contributed by atoms with E-state index in [1.807, 2.05) is 6.92 Å². The first-order valence-electron chi connectivity index (χ1n) is 10.6. The number of aliphatic imine (C=N–C) groups is 1. The summed E-state index contributed by atoms with van der Waals surface area (Å²) in [5, 5.41) is 6.74. The molecule has 3 N–H and O–H groups in total. The zero-order valence-electron chi connectivity index (χ0n) is 17.4. The van der Waals surface area contributed by atoms with E-state index in [0.29, 0.717) is 24.5 Å². The van der Waals surface area contributed by atoms with Gasteiger partial charge >= 0.3 is 0 Å². The van der Waals surface area contributed by atoms with Crippen LogP contribution in [-0.4, -0.2) is 71.2 Å². The van der Waals surface area contributed by atoms with Crippen LogP contribution < -0.4 is 15.4 Å². The fraction of sp³-hybridized carbons (Fsp3) is 0.947. The molecule has 2 heterocycles. The highest BCUT2D eigenvalue weighted by atomic mass is 32.2. The lowest BCUT2D eigenvalue weighted by Gasteiger charge is -2.54. The average molecular weight is 417 g/mol. The van der Waals surface area contributed by atoms with Crippen LogP contribution in [0.15, 0.2) is 4.99 Å². The molecular weight excluding hydrogens is 380 g/mol. The Labute approximate surface area is 169 Å². The normalized spacial score (nSPS) is 32.5. The van der Waals surface area contributed by atoms with Gasteiger partial charge in [0.1, 0.15) is 0 Å². The highest BCUT2D eigenvalue weighted by molar-refractivity contribution is 7.89. The molecule has 3 aliphatic rings. The number of hydrogen-bond donors (Lipinski definition) is 3. The van der Waals surface area contributed by atoms with Gasteiger partial charge in [0.2, 0.25) is 10.0 Å². The SMILES string of the molecule is CCNC(=NCCS(=O)(=O)NCC1CCCCO1)NC1C2CCOC2C1(C)C. The van der Waals surface area contributed by atoms with Gasteiger partial charge in [-0.2, -0.15) is 0 Å². The molecule has 3 fully saturated rings. The van der Waals surface area contributed by atoms with Crippen LogP contribution in [-0.2, 0) is 19.5 Å². The largest absolute Gasteiger partial charge is 0.377 e. The molecule has 0 radical (unpaired) electrons. The first-order chi connectivity index (χ1) is 13.3. The number of fused-ring (bicyclic) bond motifs is 1. The highest BCUT2D eigenvalue weighted by Crippen LogP contribution is 2.52. The maximum atomic E-state index is 12.3. The lowest BCUT2D eigenvalue weighted by molar-refractivity contribution is -0.106. The quantitative estimate of drug-likeness (QED) is 0.400. The van der Waals surface area contributed by atoms with E-state index >= 15 is 0 Å². The standard InChI is InChI=1S/C19H36N4O4S/c1-4-20-18(23-16-15-8-11-27-17(15)19(16,2)3)21-9-12-28(24,25)22-13-14-7-5-6-10-26-14/h14-17,22H,4-13H2,1-3H3,(H2,20,21,23). The second-order valence-electron chi connectivity index (χ2n) is 8.60. The van der Waals surface area contributed by atoms with Crippen molar-refractivity contribution in [1.82, 2.24) is 15.4 Å². The summed E-state index contributed by atoms with van der Waals surface area (Å²) in [6.45, 7) is 9.27. The lowest BCUT2D eigenvalue weighted by Crippen LogP contribution is -2.68. The minimum absolute atomic E-state index is 0.00608. The Kier molecular flexibility index (Phi) is 7.22. The van der Waals surface area contributed by atoms with Gasteiger partial charge < -0.3 is 20.1 Å². The Hall–Kier alpha value is -0.900. The first-order valence-corrected chi connectivity index (χ1v) is 12.2. The Balaban J connectivity index is 1.48. The highest BCUT2D eigenvalue weighted by Gasteiger charge is 2.59. The number of nitrogens with zero attached hydrogens (tertiary/aromatic N) is 1. The molecule has 0 aromatic rings. The summed E-state index contributed by atoms with van der Waals surface area (Å²) in [6, 6.07) is 0.288. The second-order valence-corrected chi connectivity index (χ2v) is 10.5. The summed E-state index contributed by atoms with van der Waals surface area (Å²) in [5.74, 6) is 1.15. The minimum atomic E-state index is -3.36. The zero-order valence-corrected chi connectivity index (χ0v) is 18.2. The van der Waals surface area contributed by atoms with Crippen LogP contribution in [0, 0.1) is 11.3 Å². The number of ether oxygens (including phenoxy) is 2. The predicted octanol–water partition coefficient (Wildman–Crippen LogP) is 0.844. The average Bonchev–Trinajstić information content (AvgIpc) is 3.12. The van der Waals surface area contributed by atoms with Crippen molar-refractivity contribution < 1.29 is 17.9 Å². The van der Waals surface area contributed by atoms with Gasteiger partial charge in [-0.1, -0.05) is 13.8 Å². The molecule has 162 valence electrons. The summed E-state index contributed by atoms with van der Waals surface area (Å²) in [4.78, 5) is 4.50. The van der Waals surface area contributed by atoms with E-state index in [9.17, 15) is 8.42 Å². The molecule has 2 saturated heterocycles. The third-order valence-electron chi connectivity index (χ3n) is 6.17. The first kappa shape index (κ1) is 21.8. The molecule has 0 amide bonds. The van der Waals surface area contributed by atoms with Gasteiger partial charge in [0.05, 0.1) is 24.5 Å². The van der Waals surface area contributed by atoms with Crippen LogP contribution in [0.25, 0.3) is 0 Å². The van der Waals surface area contributed by atoms with Gasteiger partial charge in [-0.25, -0.2) is 13.1 Å². The van der Waals surface area contributed by atoms with Crippen LogP contribution >= 0.6 is 0 Å². The topological polar surface area (TPSA) is 101 Å². The molecule has 4 atom stereocenters. The number of rotatable bonds is 8. The van der Waals surface area contributed by atoms with E-state index < -0.39 is 10.0 Å². The van der Waals surface area contributed by atoms with Gasteiger partial charge in [-0.15, -0.1) is 0 Å². The third kappa shape index (κ3) is 5.17. The van der Waals surface area contributed by atoms with Crippen molar-refractivity contribution in [1.29, 1.82) is 0 Å². The fourth-order valence-electron chi connectivity index (χ4n) is 4.62. The molecule has 0 aromatic heterocycles. The van der Waals surface area contributed by atoms with Gasteiger partial charge in [0, 0.05) is 43.7 Å². The van der Waals surface area contributed by atoms with Gasteiger partial charge in [-0.3, -0.25) is 4.99 Å². The summed E-state index contributed by atoms with van der Waals surface area (Å²) >= 11 is 0. The number of guanidine groups is 1. The Morgan fingerprint density at radius 3 is 2.71 bits per heavy atom. The molecule has 9 heteroatoms. The number of sulfonamides is 1. The van der Waals surface area contributed by atoms with Gasteiger partial charge in [-0.05, 0) is 32.6 Å². The molecule has 8 nitrogen and oxygen atoms in total. The number of nitrogens with one attached hydrogen (secondary N) is 3. The molecule has 1 aliphatic carbocycles. The van der Waals surface area contributed by atoms with Crippen molar-refractivity contribution in [3.05, 3.63) is 0 Å². The summed E-state index contributed by atoms with van der Waals surface area (Å²) in [7, 11) is -3.36. The van der Waals surface area contributed by atoms with Crippen molar-refractivity contribution in [3.63, 3.8) is 0 Å². The monoisotopic (exact) mass is 416 g/mol. The maximum absolute atomic E-state index is 12.3. The van der Waals surface area contributed by atoms with E-state index in [4.69, 9.17) is 9.47 Å². The molecule has 0 bridgehead atoms. The summed E-state index contributed by atoms with van der Waals surface area (Å²) in [5.41, 5.74) is 0.0466. The van der Waals surface area contributed by atoms with E-state index in [1.165, 1.54) is 0 Å². The van der Waals surface area contributed by atoms with Crippen molar-refractivity contribution in [2.75, 3.05) is 38.6 Å². The molecule has 3 rings (SSSR count). The van der Waals surface area contributed by atoms with Crippen molar-refractivity contribution in [2.45, 2.75) is 64.7 Å². The predicted molar refractivity (Wildman–Crippen MR) is 110 cm³/mol. The van der Waals surface area contributed by atoms with E-state index in [-0.39, 0.29) is 29.9 Å². The molecule has 2 aliphatic heterocycles. The maximum Gasteiger partial charge on any atom is 0.213 e. The Morgan fingerprint density at radius 2 is 2.00 bits per heavy atom. The van der Waals surface area contributed by atoms with E-state index in [0.717, 1.165) is 45.4 Å². The van der Waals surface area contributed by atoms with Crippen molar-refractivity contribution in [2.24, 2.45) is 16.3 Å². The third-order valence-corrected chi connectivity index (χ3v) is 7.50. The van der Waals surface area contributed by atoms with Crippen LogP contribution in [0.2, 0.25) is 0 Å². The molecule has 28 heavy (non-hydrogen) atoms. The van der Waals surface area contributed by atoms with Crippen molar-refractivity contribution >= 4 is 16.0 Å². The van der Waals surface area contributed by atoms with Crippen LogP contribution in [0.1, 0.15) is 46.5 Å². The zero-order chi connectivity index (χ0) is 20.2. The van der Waals surface area contributed by atoms with Crippen molar-refractivity contribution in [3.8, 4) is 0 Å².